The van der Waals surface area contributed by atoms with E-state index in [1.807, 2.05) is 0 Å². The molecule has 19 heavy (non-hydrogen) atoms. The summed E-state index contributed by atoms with van der Waals surface area (Å²) in [5.41, 5.74) is 11.4. The molecule has 5 N–H and O–H groups in total. The fraction of sp³-hybridized carbons (Fsp3) is 0.583. The standard InChI is InChI=1S/C12H19N3O3S/c1-17-9-8(13)10(11(14)16)19-12(9)15-6-7-4-2-3-5-18-7/h7,15H,2-6,13H2,1H3,(H2,14,16). The summed E-state index contributed by atoms with van der Waals surface area (Å²) in [6, 6.07) is 0. The number of hydrogen-bond acceptors (Lipinski definition) is 6. The zero-order chi connectivity index (χ0) is 13.8. The largest absolute Gasteiger partial charge is 0.492 e. The van der Waals surface area contributed by atoms with E-state index in [0.29, 0.717) is 22.9 Å². The van der Waals surface area contributed by atoms with Gasteiger partial charge in [0.25, 0.3) is 5.91 Å². The van der Waals surface area contributed by atoms with Crippen LogP contribution in [0.4, 0.5) is 10.7 Å². The first-order chi connectivity index (χ1) is 9.13. The molecule has 1 aromatic heterocycles. The number of ether oxygens (including phenoxy) is 2. The Bertz CT molecular complexity index is 455. The van der Waals surface area contributed by atoms with Gasteiger partial charge in [-0.3, -0.25) is 4.79 Å². The van der Waals surface area contributed by atoms with Crippen molar-refractivity contribution in [3.8, 4) is 5.75 Å². The minimum atomic E-state index is -0.539. The molecule has 1 unspecified atom stereocenters. The lowest BCUT2D eigenvalue weighted by molar-refractivity contribution is 0.0248. The number of hydrogen-bond donors (Lipinski definition) is 3. The average Bonchev–Trinajstić information content (AvgIpc) is 2.74. The first-order valence-electron chi connectivity index (χ1n) is 6.25. The molecule has 1 atom stereocenters. The topological polar surface area (TPSA) is 99.6 Å². The van der Waals surface area contributed by atoms with E-state index in [-0.39, 0.29) is 6.10 Å². The van der Waals surface area contributed by atoms with Gasteiger partial charge in [0.2, 0.25) is 0 Å². The van der Waals surface area contributed by atoms with Gasteiger partial charge in [0.05, 0.1) is 13.2 Å². The number of amides is 1. The molecule has 1 amide bonds. The second-order valence-electron chi connectivity index (χ2n) is 4.44. The molecule has 1 aliphatic rings. The Balaban J connectivity index is 2.06. The molecule has 0 bridgehead atoms. The van der Waals surface area contributed by atoms with E-state index in [4.69, 9.17) is 20.9 Å². The van der Waals surface area contributed by atoms with E-state index in [0.717, 1.165) is 24.4 Å². The van der Waals surface area contributed by atoms with Crippen molar-refractivity contribution in [2.24, 2.45) is 5.73 Å². The first kappa shape index (κ1) is 14.0. The Morgan fingerprint density at radius 3 is 2.95 bits per heavy atom. The van der Waals surface area contributed by atoms with Crippen LogP contribution >= 0.6 is 11.3 Å². The Morgan fingerprint density at radius 1 is 1.58 bits per heavy atom. The zero-order valence-corrected chi connectivity index (χ0v) is 11.7. The van der Waals surface area contributed by atoms with Crippen LogP contribution in [-0.4, -0.2) is 32.3 Å². The van der Waals surface area contributed by atoms with Crippen LogP contribution in [0.2, 0.25) is 0 Å². The summed E-state index contributed by atoms with van der Waals surface area (Å²) >= 11 is 1.22. The maximum absolute atomic E-state index is 11.3. The molecule has 2 rings (SSSR count). The van der Waals surface area contributed by atoms with Crippen molar-refractivity contribution >= 4 is 27.9 Å². The predicted octanol–water partition coefficient (Wildman–Crippen LogP) is 1.42. The number of primary amides is 1. The monoisotopic (exact) mass is 285 g/mol. The number of carbonyl (C=O) groups is 1. The summed E-state index contributed by atoms with van der Waals surface area (Å²) < 4.78 is 10.9. The van der Waals surface area contributed by atoms with E-state index < -0.39 is 5.91 Å². The number of carbonyl (C=O) groups excluding carboxylic acids is 1. The molecule has 0 aliphatic carbocycles. The molecular weight excluding hydrogens is 266 g/mol. The number of thiophene rings is 1. The molecule has 1 aromatic rings. The Labute approximate surface area is 116 Å². The normalized spacial score (nSPS) is 19.1. The van der Waals surface area contributed by atoms with Crippen LogP contribution in [0.25, 0.3) is 0 Å². The molecule has 0 aromatic carbocycles. The number of methoxy groups -OCH3 is 1. The fourth-order valence-corrected chi connectivity index (χ4v) is 3.05. The van der Waals surface area contributed by atoms with Gasteiger partial charge in [-0.15, -0.1) is 11.3 Å². The molecule has 6 nitrogen and oxygen atoms in total. The summed E-state index contributed by atoms with van der Waals surface area (Å²) in [4.78, 5) is 11.6. The van der Waals surface area contributed by atoms with Crippen LogP contribution in [0.5, 0.6) is 5.75 Å². The third-order valence-corrected chi connectivity index (χ3v) is 4.25. The van der Waals surface area contributed by atoms with Crippen molar-refractivity contribution in [1.29, 1.82) is 0 Å². The minimum absolute atomic E-state index is 0.193. The molecule has 1 fully saturated rings. The highest BCUT2D eigenvalue weighted by Crippen LogP contribution is 2.42. The van der Waals surface area contributed by atoms with E-state index in [1.165, 1.54) is 24.9 Å². The molecule has 0 spiro atoms. The van der Waals surface area contributed by atoms with Gasteiger partial charge in [-0.1, -0.05) is 0 Å². The van der Waals surface area contributed by atoms with E-state index in [1.54, 1.807) is 0 Å². The molecule has 0 saturated carbocycles. The molecule has 2 heterocycles. The van der Waals surface area contributed by atoms with Crippen LogP contribution in [-0.2, 0) is 4.74 Å². The van der Waals surface area contributed by atoms with Gasteiger partial charge in [0, 0.05) is 13.2 Å². The maximum Gasteiger partial charge on any atom is 0.261 e. The maximum atomic E-state index is 11.3. The number of rotatable bonds is 5. The third-order valence-electron chi connectivity index (χ3n) is 3.09. The molecule has 1 saturated heterocycles. The molecule has 0 radical (unpaired) electrons. The Morgan fingerprint density at radius 2 is 2.37 bits per heavy atom. The van der Waals surface area contributed by atoms with Crippen LogP contribution in [0.1, 0.15) is 28.9 Å². The fourth-order valence-electron chi connectivity index (χ4n) is 2.11. The second-order valence-corrected chi connectivity index (χ2v) is 5.46. The highest BCUT2D eigenvalue weighted by molar-refractivity contribution is 7.19. The van der Waals surface area contributed by atoms with Gasteiger partial charge in [-0.2, -0.15) is 0 Å². The van der Waals surface area contributed by atoms with Gasteiger partial charge < -0.3 is 26.3 Å². The summed E-state index contributed by atoms with van der Waals surface area (Å²) in [6.07, 6.45) is 3.54. The molecular formula is C12H19N3O3S. The highest BCUT2D eigenvalue weighted by Gasteiger charge is 2.21. The van der Waals surface area contributed by atoms with E-state index >= 15 is 0 Å². The van der Waals surface area contributed by atoms with Crippen LogP contribution in [0.3, 0.4) is 0 Å². The summed E-state index contributed by atoms with van der Waals surface area (Å²) in [6.45, 7) is 1.48. The first-order valence-corrected chi connectivity index (χ1v) is 7.06. The number of nitrogens with two attached hydrogens (primary N) is 2. The van der Waals surface area contributed by atoms with Gasteiger partial charge in [-0.05, 0) is 19.3 Å². The Hall–Kier alpha value is -1.47. The summed E-state index contributed by atoms with van der Waals surface area (Å²) in [5, 5.41) is 3.96. The number of nitrogen functional groups attached to an aromatic ring is 1. The number of nitrogens with one attached hydrogen (secondary N) is 1. The summed E-state index contributed by atoms with van der Waals surface area (Å²) in [5.74, 6) is -0.0580. The van der Waals surface area contributed by atoms with Crippen LogP contribution in [0, 0.1) is 0 Å². The summed E-state index contributed by atoms with van der Waals surface area (Å²) in [7, 11) is 1.52. The average molecular weight is 285 g/mol. The molecule has 106 valence electrons. The quantitative estimate of drug-likeness (QED) is 0.759. The third kappa shape index (κ3) is 3.10. The molecule has 1 aliphatic heterocycles. The SMILES string of the molecule is COc1c(NCC2CCCCO2)sc(C(N)=O)c1N. The van der Waals surface area contributed by atoms with Crippen molar-refractivity contribution in [1.82, 2.24) is 0 Å². The van der Waals surface area contributed by atoms with Gasteiger partial charge in [0.15, 0.2) is 5.75 Å². The smallest absolute Gasteiger partial charge is 0.261 e. The van der Waals surface area contributed by atoms with Crippen molar-refractivity contribution < 1.29 is 14.3 Å². The minimum Gasteiger partial charge on any atom is -0.492 e. The van der Waals surface area contributed by atoms with Gasteiger partial charge in [0.1, 0.15) is 15.6 Å². The van der Waals surface area contributed by atoms with Crippen molar-refractivity contribution in [3.05, 3.63) is 4.88 Å². The van der Waals surface area contributed by atoms with Crippen molar-refractivity contribution in [2.75, 3.05) is 31.3 Å². The molecule has 7 heteroatoms. The van der Waals surface area contributed by atoms with E-state index in [9.17, 15) is 4.79 Å². The zero-order valence-electron chi connectivity index (χ0n) is 10.9. The van der Waals surface area contributed by atoms with Crippen LogP contribution < -0.4 is 21.5 Å². The Kier molecular flexibility index (Phi) is 4.49. The lowest BCUT2D eigenvalue weighted by atomic mass is 10.1. The van der Waals surface area contributed by atoms with Crippen molar-refractivity contribution in [3.63, 3.8) is 0 Å². The lowest BCUT2D eigenvalue weighted by Gasteiger charge is -2.23. The van der Waals surface area contributed by atoms with Gasteiger partial charge >= 0.3 is 0 Å². The lowest BCUT2D eigenvalue weighted by Crippen LogP contribution is -2.26. The van der Waals surface area contributed by atoms with Crippen molar-refractivity contribution in [2.45, 2.75) is 25.4 Å². The highest BCUT2D eigenvalue weighted by atomic mass is 32.1. The van der Waals surface area contributed by atoms with Crippen LogP contribution in [0.15, 0.2) is 0 Å². The predicted molar refractivity (Wildman–Crippen MR) is 75.9 cm³/mol. The van der Waals surface area contributed by atoms with Gasteiger partial charge in [-0.25, -0.2) is 0 Å². The second kappa shape index (κ2) is 6.12. The number of anilines is 2. The van der Waals surface area contributed by atoms with E-state index in [2.05, 4.69) is 5.32 Å².